The van der Waals surface area contributed by atoms with Gasteiger partial charge in [0.25, 0.3) is 0 Å². The zero-order valence-electron chi connectivity index (χ0n) is 15.5. The van der Waals surface area contributed by atoms with Crippen LogP contribution in [0.5, 0.6) is 0 Å². The van der Waals surface area contributed by atoms with Gasteiger partial charge in [0.1, 0.15) is 16.5 Å². The molecule has 2 aromatic rings. The van der Waals surface area contributed by atoms with Crippen molar-refractivity contribution in [1.29, 1.82) is 0 Å². The molecule has 0 bridgehead atoms. The molecule has 3 heterocycles. The molecule has 6 N–H and O–H groups in total. The zero-order chi connectivity index (χ0) is 20.5. The molecule has 11 nitrogen and oxygen atoms in total. The summed E-state index contributed by atoms with van der Waals surface area (Å²) in [6, 6.07) is 1.69. The van der Waals surface area contributed by atoms with Crippen molar-refractivity contribution in [3.05, 3.63) is 56.9 Å². The van der Waals surface area contributed by atoms with Gasteiger partial charge in [-0.05, 0) is 20.2 Å². The van der Waals surface area contributed by atoms with E-state index in [1.54, 1.807) is 6.07 Å². The molecule has 0 aliphatic carbocycles. The van der Waals surface area contributed by atoms with E-state index in [1.807, 2.05) is 29.6 Å². The number of nitrogens with one attached hydrogen (secondary N) is 2. The second-order valence-corrected chi connectivity index (χ2v) is 7.22. The summed E-state index contributed by atoms with van der Waals surface area (Å²) < 4.78 is 1.82. The van der Waals surface area contributed by atoms with Gasteiger partial charge in [0.15, 0.2) is 5.82 Å². The molecule has 0 saturated heterocycles. The van der Waals surface area contributed by atoms with E-state index in [9.17, 15) is 10.1 Å². The van der Waals surface area contributed by atoms with Gasteiger partial charge in [0, 0.05) is 37.8 Å². The van der Waals surface area contributed by atoms with Crippen LogP contribution >= 0.6 is 11.6 Å². The van der Waals surface area contributed by atoms with Gasteiger partial charge in [-0.3, -0.25) is 14.5 Å². The molecule has 0 amide bonds. The molecule has 1 unspecified atom stereocenters. The lowest BCUT2D eigenvalue weighted by molar-refractivity contribution is -0.421. The molecule has 28 heavy (non-hydrogen) atoms. The standard InChI is InChI=1S/C16H22ClN9O2/c1-24(2)8-10-9-25-13(21-10)7-12(17)22-15(25)20-6-5-16(19)4-3-11(26(27)28)14(18)23-16/h3-4,7,9,23H,5-6,8,18-19H2,1-2H3,(H,20,22). The van der Waals surface area contributed by atoms with Gasteiger partial charge in [0.05, 0.1) is 10.6 Å². The first-order valence-electron chi connectivity index (χ1n) is 8.50. The Morgan fingerprint density at radius 1 is 1.46 bits per heavy atom. The molecule has 0 saturated carbocycles. The monoisotopic (exact) mass is 407 g/mol. The van der Waals surface area contributed by atoms with Gasteiger partial charge >= 0.3 is 5.70 Å². The first-order chi connectivity index (χ1) is 13.2. The molecule has 1 atom stereocenters. The number of fused-ring (bicyclic) bond motifs is 1. The maximum absolute atomic E-state index is 10.9. The highest BCUT2D eigenvalue weighted by molar-refractivity contribution is 6.29. The van der Waals surface area contributed by atoms with Crippen LogP contribution in [-0.4, -0.2) is 50.5 Å². The summed E-state index contributed by atoms with van der Waals surface area (Å²) in [5, 5.41) is 17.2. The van der Waals surface area contributed by atoms with Crippen LogP contribution in [0, 0.1) is 10.1 Å². The van der Waals surface area contributed by atoms with E-state index in [4.69, 9.17) is 23.1 Å². The molecular formula is C16H22ClN9O2. The SMILES string of the molecule is CN(C)Cc1cn2c(NCCC3(N)C=CC([N+](=O)[O-])=C(N)N3)nc(Cl)cc2n1. The van der Waals surface area contributed by atoms with E-state index in [1.165, 1.54) is 12.2 Å². The topological polar surface area (TPSA) is 153 Å². The maximum Gasteiger partial charge on any atom is 0.308 e. The molecule has 0 aromatic carbocycles. The van der Waals surface area contributed by atoms with Crippen molar-refractivity contribution < 1.29 is 4.92 Å². The second-order valence-electron chi connectivity index (χ2n) is 6.83. The van der Waals surface area contributed by atoms with E-state index < -0.39 is 10.6 Å². The lowest BCUT2D eigenvalue weighted by Crippen LogP contribution is -2.55. The van der Waals surface area contributed by atoms with Crippen LogP contribution in [0.3, 0.4) is 0 Å². The van der Waals surface area contributed by atoms with Crippen LogP contribution < -0.4 is 22.1 Å². The first-order valence-corrected chi connectivity index (χ1v) is 8.88. The number of nitro groups is 1. The van der Waals surface area contributed by atoms with Crippen molar-refractivity contribution in [3.8, 4) is 0 Å². The number of nitrogens with two attached hydrogens (primary N) is 2. The van der Waals surface area contributed by atoms with Crippen molar-refractivity contribution in [1.82, 2.24) is 24.6 Å². The molecule has 2 aromatic heterocycles. The molecule has 0 fully saturated rings. The molecule has 0 radical (unpaired) electrons. The van der Waals surface area contributed by atoms with E-state index in [0.717, 1.165) is 5.69 Å². The Morgan fingerprint density at radius 3 is 2.86 bits per heavy atom. The Balaban J connectivity index is 1.71. The molecule has 3 rings (SSSR count). The average molecular weight is 408 g/mol. The Hall–Kier alpha value is -2.89. The number of aromatic nitrogens is 3. The molecule has 12 heteroatoms. The molecule has 0 spiro atoms. The van der Waals surface area contributed by atoms with Crippen molar-refractivity contribution in [3.63, 3.8) is 0 Å². The third-order valence-corrected chi connectivity index (χ3v) is 4.34. The number of halogens is 1. The third-order valence-electron chi connectivity index (χ3n) is 4.15. The summed E-state index contributed by atoms with van der Waals surface area (Å²) in [6.07, 6.45) is 5.12. The van der Waals surface area contributed by atoms with Crippen LogP contribution in [0.2, 0.25) is 5.15 Å². The summed E-state index contributed by atoms with van der Waals surface area (Å²) in [6.45, 7) is 1.10. The van der Waals surface area contributed by atoms with Gasteiger partial charge in [-0.1, -0.05) is 11.6 Å². The number of hydrogen-bond acceptors (Lipinski definition) is 9. The van der Waals surface area contributed by atoms with E-state index in [2.05, 4.69) is 20.6 Å². The summed E-state index contributed by atoms with van der Waals surface area (Å²) >= 11 is 6.11. The maximum atomic E-state index is 10.9. The third kappa shape index (κ3) is 4.32. The number of nitrogens with zero attached hydrogens (tertiary/aromatic N) is 5. The lowest BCUT2D eigenvalue weighted by atomic mass is 10.0. The van der Waals surface area contributed by atoms with Crippen molar-refractivity contribution >= 4 is 23.2 Å². The van der Waals surface area contributed by atoms with E-state index in [0.29, 0.717) is 36.3 Å². The van der Waals surface area contributed by atoms with Gasteiger partial charge < -0.3 is 27.0 Å². The van der Waals surface area contributed by atoms with E-state index in [-0.39, 0.29) is 11.5 Å². The van der Waals surface area contributed by atoms with Crippen molar-refractivity contribution in [2.45, 2.75) is 18.6 Å². The number of allylic oxidation sites excluding steroid dienone is 1. The van der Waals surface area contributed by atoms with Crippen LogP contribution in [-0.2, 0) is 6.54 Å². The summed E-state index contributed by atoms with van der Waals surface area (Å²) in [5.41, 5.74) is 12.3. The Morgan fingerprint density at radius 2 is 2.21 bits per heavy atom. The fraction of sp³-hybridized carbons (Fsp3) is 0.375. The predicted octanol–water partition coefficient (Wildman–Crippen LogP) is 0.465. The highest BCUT2D eigenvalue weighted by Crippen LogP contribution is 2.19. The largest absolute Gasteiger partial charge is 0.380 e. The normalized spacial score (nSPS) is 19.3. The molecular weight excluding hydrogens is 386 g/mol. The molecule has 150 valence electrons. The van der Waals surface area contributed by atoms with E-state index >= 15 is 0 Å². The minimum atomic E-state index is -1.01. The van der Waals surface area contributed by atoms with Gasteiger partial charge in [-0.25, -0.2) is 9.97 Å². The number of hydrogen-bond donors (Lipinski definition) is 4. The average Bonchev–Trinajstić information content (AvgIpc) is 2.95. The van der Waals surface area contributed by atoms with Crippen LogP contribution in [0.1, 0.15) is 12.1 Å². The summed E-state index contributed by atoms with van der Waals surface area (Å²) in [7, 11) is 3.93. The van der Waals surface area contributed by atoms with Gasteiger partial charge in [-0.2, -0.15) is 0 Å². The summed E-state index contributed by atoms with van der Waals surface area (Å²) in [4.78, 5) is 21.2. The van der Waals surface area contributed by atoms with Crippen molar-refractivity contribution in [2.24, 2.45) is 11.5 Å². The highest BCUT2D eigenvalue weighted by atomic mass is 35.5. The van der Waals surface area contributed by atoms with Crippen LogP contribution in [0.25, 0.3) is 5.65 Å². The number of rotatable bonds is 7. The number of imidazole rings is 1. The van der Waals surface area contributed by atoms with Crippen molar-refractivity contribution in [2.75, 3.05) is 26.0 Å². The fourth-order valence-electron chi connectivity index (χ4n) is 2.90. The minimum Gasteiger partial charge on any atom is -0.380 e. The fourth-order valence-corrected chi connectivity index (χ4v) is 3.07. The molecule has 1 aliphatic rings. The van der Waals surface area contributed by atoms with Gasteiger partial charge in [-0.15, -0.1) is 0 Å². The smallest absolute Gasteiger partial charge is 0.308 e. The first kappa shape index (κ1) is 19.9. The van der Waals surface area contributed by atoms with Crippen LogP contribution in [0.15, 0.2) is 35.9 Å². The Labute approximate surface area is 166 Å². The Bertz CT molecular complexity index is 968. The van der Waals surface area contributed by atoms with Crippen LogP contribution in [0.4, 0.5) is 5.95 Å². The quantitative estimate of drug-likeness (QED) is 0.291. The molecule has 1 aliphatic heterocycles. The highest BCUT2D eigenvalue weighted by Gasteiger charge is 2.30. The van der Waals surface area contributed by atoms with Gasteiger partial charge in [0.2, 0.25) is 5.95 Å². The number of dihydropyridines is 1. The summed E-state index contributed by atoms with van der Waals surface area (Å²) in [5.74, 6) is 0.457. The Kier molecular flexibility index (Phi) is 5.40. The predicted molar refractivity (Wildman–Crippen MR) is 106 cm³/mol. The second kappa shape index (κ2) is 7.62. The number of anilines is 1. The minimum absolute atomic E-state index is 0.0683. The lowest BCUT2D eigenvalue weighted by Gasteiger charge is -2.30. The zero-order valence-corrected chi connectivity index (χ0v) is 16.3.